The van der Waals surface area contributed by atoms with E-state index >= 15 is 0 Å². The Morgan fingerprint density at radius 2 is 1.56 bits per heavy atom. The number of thioether (sulfide) groups is 2. The average molecular weight is 252 g/mol. The van der Waals surface area contributed by atoms with Crippen LogP contribution in [0.25, 0.3) is 0 Å². The van der Waals surface area contributed by atoms with Gasteiger partial charge in [0.2, 0.25) is 0 Å². The van der Waals surface area contributed by atoms with Crippen LogP contribution in [0.1, 0.15) is 42.0 Å². The van der Waals surface area contributed by atoms with Crippen LogP contribution in [-0.2, 0) is 11.5 Å². The second-order valence-electron chi connectivity index (χ2n) is 4.55. The molecule has 16 heavy (non-hydrogen) atoms. The summed E-state index contributed by atoms with van der Waals surface area (Å²) in [5, 5.41) is 0. The Labute approximate surface area is 108 Å². The molecule has 0 atom stereocenters. The van der Waals surface area contributed by atoms with E-state index in [2.05, 4.69) is 56.4 Å². The van der Waals surface area contributed by atoms with Crippen LogP contribution in [-0.4, -0.2) is 4.58 Å². The largest absolute Gasteiger partial charge is 0.143 e. The molecule has 0 bridgehead atoms. The zero-order valence-electron chi connectivity index (χ0n) is 10.4. The van der Waals surface area contributed by atoms with Crippen LogP contribution in [0, 0.1) is 13.8 Å². The third-order valence-corrected chi connectivity index (χ3v) is 6.18. The maximum Gasteiger partial charge on any atom is 0.0509 e. The molecule has 1 heterocycles. The first kappa shape index (κ1) is 12.4. The fourth-order valence-electron chi connectivity index (χ4n) is 2.02. The summed E-state index contributed by atoms with van der Waals surface area (Å²) in [6, 6.07) is 4.79. The van der Waals surface area contributed by atoms with Crippen molar-refractivity contribution in [3.8, 4) is 0 Å². The van der Waals surface area contributed by atoms with E-state index in [0.29, 0.717) is 0 Å². The molecule has 0 nitrogen and oxygen atoms in total. The van der Waals surface area contributed by atoms with Crippen molar-refractivity contribution in [3.05, 3.63) is 34.4 Å². The quantitative estimate of drug-likeness (QED) is 0.733. The fourth-order valence-corrected chi connectivity index (χ4v) is 4.89. The minimum atomic E-state index is 0.804. The second kappa shape index (κ2) is 5.50. The van der Waals surface area contributed by atoms with E-state index in [9.17, 15) is 0 Å². The lowest BCUT2D eigenvalue weighted by Crippen LogP contribution is -1.94. The van der Waals surface area contributed by atoms with Gasteiger partial charge in [-0.15, -0.1) is 23.5 Å². The summed E-state index contributed by atoms with van der Waals surface area (Å²) in [7, 11) is 0. The standard InChI is InChI=1S/C14H20S2/c1-4-5-14-15-8-12-6-10(2)11(3)7-13(12)9-16-14/h6-7,14H,4-5,8-9H2,1-3H3. The molecule has 1 aromatic carbocycles. The molecule has 0 radical (unpaired) electrons. The monoisotopic (exact) mass is 252 g/mol. The smallest absolute Gasteiger partial charge is 0.0509 e. The highest BCUT2D eigenvalue weighted by Crippen LogP contribution is 2.38. The van der Waals surface area contributed by atoms with Gasteiger partial charge in [-0.3, -0.25) is 0 Å². The predicted molar refractivity (Wildman–Crippen MR) is 77.2 cm³/mol. The van der Waals surface area contributed by atoms with Crippen molar-refractivity contribution >= 4 is 23.5 Å². The highest BCUT2D eigenvalue weighted by molar-refractivity contribution is 8.16. The van der Waals surface area contributed by atoms with Gasteiger partial charge in [0.1, 0.15) is 0 Å². The van der Waals surface area contributed by atoms with E-state index < -0.39 is 0 Å². The van der Waals surface area contributed by atoms with E-state index in [0.717, 1.165) is 4.58 Å². The summed E-state index contributed by atoms with van der Waals surface area (Å²) in [4.78, 5) is 0. The zero-order valence-corrected chi connectivity index (χ0v) is 12.0. The van der Waals surface area contributed by atoms with Crippen LogP contribution < -0.4 is 0 Å². The molecule has 1 aliphatic rings. The van der Waals surface area contributed by atoms with Gasteiger partial charge in [-0.25, -0.2) is 0 Å². The molecule has 88 valence electrons. The number of rotatable bonds is 2. The van der Waals surface area contributed by atoms with Gasteiger partial charge in [-0.05, 0) is 42.5 Å². The molecule has 0 aliphatic carbocycles. The average Bonchev–Trinajstić information content (AvgIpc) is 2.44. The minimum Gasteiger partial charge on any atom is -0.143 e. The topological polar surface area (TPSA) is 0 Å². The van der Waals surface area contributed by atoms with Crippen LogP contribution in [0.4, 0.5) is 0 Å². The molecule has 0 N–H and O–H groups in total. The second-order valence-corrected chi connectivity index (χ2v) is 7.23. The molecule has 2 heteroatoms. The molecule has 2 rings (SSSR count). The van der Waals surface area contributed by atoms with Crippen molar-refractivity contribution in [3.63, 3.8) is 0 Å². The van der Waals surface area contributed by atoms with Crippen molar-refractivity contribution in [2.45, 2.75) is 49.7 Å². The summed E-state index contributed by atoms with van der Waals surface area (Å²) in [5.74, 6) is 2.41. The van der Waals surface area contributed by atoms with E-state index in [1.807, 2.05) is 0 Å². The van der Waals surface area contributed by atoms with E-state index in [1.165, 1.54) is 35.5 Å². The summed E-state index contributed by atoms with van der Waals surface area (Å²) < 4.78 is 0.804. The van der Waals surface area contributed by atoms with Crippen LogP contribution >= 0.6 is 23.5 Å². The maximum absolute atomic E-state index is 2.40. The normalized spacial score (nSPS) is 16.9. The molecule has 0 aromatic heterocycles. The Hall–Kier alpha value is -0.0800. The molecule has 1 aromatic rings. The number of hydrogen-bond donors (Lipinski definition) is 0. The van der Waals surface area contributed by atoms with E-state index in [4.69, 9.17) is 0 Å². The van der Waals surface area contributed by atoms with Crippen molar-refractivity contribution in [1.29, 1.82) is 0 Å². The van der Waals surface area contributed by atoms with Crippen LogP contribution in [0.3, 0.4) is 0 Å². The molecule has 0 amide bonds. The predicted octanol–water partition coefficient (Wildman–Crippen LogP) is 4.91. The van der Waals surface area contributed by atoms with E-state index in [1.54, 1.807) is 11.1 Å². The Morgan fingerprint density at radius 3 is 2.00 bits per heavy atom. The molecule has 0 unspecified atom stereocenters. The maximum atomic E-state index is 2.40. The Bertz CT molecular complexity index is 338. The van der Waals surface area contributed by atoms with Crippen molar-refractivity contribution in [1.82, 2.24) is 0 Å². The first-order chi connectivity index (χ1) is 7.70. The van der Waals surface area contributed by atoms with Gasteiger partial charge in [-0.1, -0.05) is 25.5 Å². The summed E-state index contributed by atoms with van der Waals surface area (Å²) >= 11 is 4.26. The molecule has 0 spiro atoms. The third-order valence-electron chi connectivity index (χ3n) is 3.19. The number of fused-ring (bicyclic) bond motifs is 1. The Kier molecular flexibility index (Phi) is 4.26. The molecule has 0 saturated heterocycles. The van der Waals surface area contributed by atoms with Crippen molar-refractivity contribution in [2.75, 3.05) is 0 Å². The molecular weight excluding hydrogens is 232 g/mol. The summed E-state index contributed by atoms with van der Waals surface area (Å²) in [6.45, 7) is 6.73. The van der Waals surface area contributed by atoms with Gasteiger partial charge in [0.25, 0.3) is 0 Å². The molecule has 0 saturated carbocycles. The van der Waals surface area contributed by atoms with Crippen molar-refractivity contribution in [2.24, 2.45) is 0 Å². The van der Waals surface area contributed by atoms with Crippen LogP contribution in [0.15, 0.2) is 12.1 Å². The number of benzene rings is 1. The zero-order chi connectivity index (χ0) is 11.5. The van der Waals surface area contributed by atoms with Crippen molar-refractivity contribution < 1.29 is 0 Å². The third kappa shape index (κ3) is 2.78. The van der Waals surface area contributed by atoms with Gasteiger partial charge in [-0.2, -0.15) is 0 Å². The van der Waals surface area contributed by atoms with Crippen LogP contribution in [0.2, 0.25) is 0 Å². The SMILES string of the molecule is CCCC1SCc2cc(C)c(C)cc2CS1. The lowest BCUT2D eigenvalue weighted by molar-refractivity contribution is 0.870. The van der Waals surface area contributed by atoms with Gasteiger partial charge < -0.3 is 0 Å². The summed E-state index contributed by atoms with van der Waals surface area (Å²) in [6.07, 6.45) is 2.65. The lowest BCUT2D eigenvalue weighted by Gasteiger charge is -2.10. The number of hydrogen-bond acceptors (Lipinski definition) is 2. The number of aryl methyl sites for hydroxylation is 2. The highest BCUT2D eigenvalue weighted by Gasteiger charge is 2.16. The molecule has 0 fully saturated rings. The van der Waals surface area contributed by atoms with Gasteiger partial charge >= 0.3 is 0 Å². The van der Waals surface area contributed by atoms with Crippen LogP contribution in [0.5, 0.6) is 0 Å². The highest BCUT2D eigenvalue weighted by atomic mass is 32.2. The Morgan fingerprint density at radius 1 is 1.06 bits per heavy atom. The molecule has 1 aliphatic heterocycles. The minimum absolute atomic E-state index is 0.804. The first-order valence-electron chi connectivity index (χ1n) is 6.03. The first-order valence-corrected chi connectivity index (χ1v) is 8.12. The molecular formula is C14H20S2. The Balaban J connectivity index is 2.17. The summed E-state index contributed by atoms with van der Waals surface area (Å²) in [5.41, 5.74) is 6.02. The lowest BCUT2D eigenvalue weighted by atomic mass is 10.0. The van der Waals surface area contributed by atoms with E-state index in [-0.39, 0.29) is 0 Å². The van der Waals surface area contributed by atoms with Gasteiger partial charge in [0.15, 0.2) is 0 Å². The van der Waals surface area contributed by atoms with Gasteiger partial charge in [0.05, 0.1) is 4.58 Å². The fraction of sp³-hybridized carbons (Fsp3) is 0.571. The van der Waals surface area contributed by atoms with Gasteiger partial charge in [0, 0.05) is 11.5 Å².